The molecule has 1 amide bonds. The Morgan fingerprint density at radius 3 is 2.38 bits per heavy atom. The first kappa shape index (κ1) is 17.8. The fraction of sp³-hybridized carbons (Fsp3) is 0.650. The van der Waals surface area contributed by atoms with Gasteiger partial charge in [-0.3, -0.25) is 9.59 Å². The Hall–Kier alpha value is -1.62. The van der Waals surface area contributed by atoms with E-state index in [4.69, 9.17) is 16.3 Å². The summed E-state index contributed by atoms with van der Waals surface area (Å²) in [5.74, 6) is 2.16. The van der Waals surface area contributed by atoms with E-state index in [2.05, 4.69) is 10.3 Å². The van der Waals surface area contributed by atoms with Crippen molar-refractivity contribution in [3.8, 4) is 0 Å². The zero-order valence-corrected chi connectivity index (χ0v) is 15.8. The average molecular weight is 377 g/mol. The van der Waals surface area contributed by atoms with Gasteiger partial charge in [-0.1, -0.05) is 11.6 Å². The van der Waals surface area contributed by atoms with Gasteiger partial charge in [0.25, 0.3) is 5.91 Å². The standard InChI is InChI=1S/C20H25ClN2O3/c1-12(19(25)23-17-3-2-16(21)11-22-17)26-18(24)10-20-7-13-4-14(8-20)6-15(5-13)9-20/h2-3,11-15H,4-10H2,1H3,(H,22,23,25)/t12-,13?,14?,15?,20?/m0/s1. The maximum absolute atomic E-state index is 12.5. The molecule has 0 aliphatic heterocycles. The number of halogens is 1. The molecule has 5 rings (SSSR count). The molecule has 4 aliphatic carbocycles. The van der Waals surface area contributed by atoms with Gasteiger partial charge < -0.3 is 10.1 Å². The summed E-state index contributed by atoms with van der Waals surface area (Å²) in [6.07, 6.45) is 8.59. The molecule has 1 N–H and O–H groups in total. The van der Waals surface area contributed by atoms with Crippen molar-refractivity contribution in [1.82, 2.24) is 4.98 Å². The minimum atomic E-state index is -0.839. The second-order valence-corrected chi connectivity index (χ2v) is 9.01. The molecule has 1 aromatic rings. The van der Waals surface area contributed by atoms with Crippen LogP contribution in [0.5, 0.6) is 0 Å². The molecular weight excluding hydrogens is 352 g/mol. The van der Waals surface area contributed by atoms with Crippen molar-refractivity contribution in [2.24, 2.45) is 23.2 Å². The van der Waals surface area contributed by atoms with E-state index < -0.39 is 6.10 Å². The van der Waals surface area contributed by atoms with E-state index in [0.29, 0.717) is 17.3 Å². The molecule has 4 bridgehead atoms. The second-order valence-electron chi connectivity index (χ2n) is 8.58. The number of pyridine rings is 1. The molecule has 26 heavy (non-hydrogen) atoms. The van der Waals surface area contributed by atoms with Crippen molar-refractivity contribution in [3.05, 3.63) is 23.4 Å². The molecule has 1 aromatic heterocycles. The summed E-state index contributed by atoms with van der Waals surface area (Å²) in [4.78, 5) is 28.8. The van der Waals surface area contributed by atoms with Gasteiger partial charge in [-0.05, 0) is 80.8 Å². The third-order valence-corrected chi connectivity index (χ3v) is 6.56. The summed E-state index contributed by atoms with van der Waals surface area (Å²) in [5.41, 5.74) is 0.125. The molecule has 140 valence electrons. The molecule has 0 radical (unpaired) electrons. The smallest absolute Gasteiger partial charge is 0.307 e. The van der Waals surface area contributed by atoms with Gasteiger partial charge in [0, 0.05) is 6.20 Å². The van der Waals surface area contributed by atoms with Crippen LogP contribution < -0.4 is 5.32 Å². The van der Waals surface area contributed by atoms with Gasteiger partial charge in [0.15, 0.2) is 6.10 Å². The van der Waals surface area contributed by atoms with Crippen LogP contribution in [0.3, 0.4) is 0 Å². The Morgan fingerprint density at radius 2 is 1.85 bits per heavy atom. The van der Waals surface area contributed by atoms with Crippen LogP contribution in [0.15, 0.2) is 18.3 Å². The van der Waals surface area contributed by atoms with Gasteiger partial charge in [0.1, 0.15) is 5.82 Å². The fourth-order valence-electron chi connectivity index (χ4n) is 5.78. The summed E-state index contributed by atoms with van der Waals surface area (Å²) in [7, 11) is 0. The summed E-state index contributed by atoms with van der Waals surface area (Å²) >= 11 is 5.78. The number of anilines is 1. The Bertz CT molecular complexity index is 668. The summed E-state index contributed by atoms with van der Waals surface area (Å²) < 4.78 is 5.44. The van der Waals surface area contributed by atoms with Gasteiger partial charge in [0.05, 0.1) is 11.4 Å². The van der Waals surface area contributed by atoms with Crippen LogP contribution >= 0.6 is 11.6 Å². The highest BCUT2D eigenvalue weighted by Gasteiger charge is 2.51. The number of hydrogen-bond donors (Lipinski definition) is 1. The number of aromatic nitrogens is 1. The highest BCUT2D eigenvalue weighted by atomic mass is 35.5. The number of nitrogens with one attached hydrogen (secondary N) is 1. The lowest BCUT2D eigenvalue weighted by Crippen LogP contribution is -2.47. The molecule has 1 heterocycles. The molecular formula is C20H25ClN2O3. The molecule has 0 saturated heterocycles. The van der Waals surface area contributed by atoms with Crippen molar-refractivity contribution in [3.63, 3.8) is 0 Å². The van der Waals surface area contributed by atoms with Crippen LogP contribution in [-0.4, -0.2) is 23.0 Å². The van der Waals surface area contributed by atoms with E-state index in [1.54, 1.807) is 19.1 Å². The lowest BCUT2D eigenvalue weighted by Gasteiger charge is -2.56. The van der Waals surface area contributed by atoms with Crippen molar-refractivity contribution < 1.29 is 14.3 Å². The number of hydrogen-bond acceptors (Lipinski definition) is 4. The third kappa shape index (κ3) is 3.73. The van der Waals surface area contributed by atoms with E-state index in [1.807, 2.05) is 0 Å². The molecule has 6 heteroatoms. The van der Waals surface area contributed by atoms with Crippen LogP contribution in [0.25, 0.3) is 0 Å². The normalized spacial score (nSPS) is 32.9. The summed E-state index contributed by atoms with van der Waals surface area (Å²) in [6.45, 7) is 1.60. The molecule has 4 saturated carbocycles. The number of nitrogens with zero attached hydrogens (tertiary/aromatic N) is 1. The van der Waals surface area contributed by atoms with Gasteiger partial charge >= 0.3 is 5.97 Å². The summed E-state index contributed by atoms with van der Waals surface area (Å²) in [6, 6.07) is 3.26. The van der Waals surface area contributed by atoms with Crippen LogP contribution in [0.4, 0.5) is 5.82 Å². The first-order valence-corrected chi connectivity index (χ1v) is 9.90. The van der Waals surface area contributed by atoms with Gasteiger partial charge in [0.2, 0.25) is 0 Å². The van der Waals surface area contributed by atoms with Gasteiger partial charge in [-0.25, -0.2) is 4.98 Å². The minimum absolute atomic E-state index is 0.125. The molecule has 1 atom stereocenters. The lowest BCUT2D eigenvalue weighted by molar-refractivity contribution is -0.160. The number of rotatable bonds is 5. The fourth-order valence-corrected chi connectivity index (χ4v) is 5.89. The van der Waals surface area contributed by atoms with E-state index in [0.717, 1.165) is 37.0 Å². The Labute approximate surface area is 158 Å². The first-order valence-electron chi connectivity index (χ1n) is 9.53. The van der Waals surface area contributed by atoms with Crippen LogP contribution in [0.1, 0.15) is 51.9 Å². The molecule has 0 unspecified atom stereocenters. The van der Waals surface area contributed by atoms with Crippen molar-refractivity contribution in [1.29, 1.82) is 0 Å². The van der Waals surface area contributed by atoms with Crippen molar-refractivity contribution in [2.45, 2.75) is 58.0 Å². The first-order chi connectivity index (χ1) is 12.4. The molecule has 4 fully saturated rings. The monoisotopic (exact) mass is 376 g/mol. The average Bonchev–Trinajstić information content (AvgIpc) is 2.55. The molecule has 4 aliphatic rings. The quantitative estimate of drug-likeness (QED) is 0.781. The number of amides is 1. The highest BCUT2D eigenvalue weighted by Crippen LogP contribution is 2.61. The van der Waals surface area contributed by atoms with Crippen LogP contribution in [-0.2, 0) is 14.3 Å². The van der Waals surface area contributed by atoms with Crippen molar-refractivity contribution in [2.75, 3.05) is 5.32 Å². The Morgan fingerprint density at radius 1 is 1.23 bits per heavy atom. The lowest BCUT2D eigenvalue weighted by atomic mass is 9.49. The maximum Gasteiger partial charge on any atom is 0.307 e. The topological polar surface area (TPSA) is 68.3 Å². The minimum Gasteiger partial charge on any atom is -0.453 e. The Kier molecular flexibility index (Phi) is 4.68. The van der Waals surface area contributed by atoms with E-state index in [-0.39, 0.29) is 17.3 Å². The highest BCUT2D eigenvalue weighted by molar-refractivity contribution is 6.30. The third-order valence-electron chi connectivity index (χ3n) is 6.34. The van der Waals surface area contributed by atoms with E-state index in [9.17, 15) is 9.59 Å². The zero-order valence-electron chi connectivity index (χ0n) is 15.0. The predicted octanol–water partition coefficient (Wildman–Crippen LogP) is 4.21. The SMILES string of the molecule is C[C@H](OC(=O)CC12CC3CC(CC(C3)C1)C2)C(=O)Nc1ccc(Cl)cn1. The van der Waals surface area contributed by atoms with Crippen LogP contribution in [0.2, 0.25) is 5.02 Å². The van der Waals surface area contributed by atoms with Gasteiger partial charge in [-0.15, -0.1) is 0 Å². The predicted molar refractivity (Wildman–Crippen MR) is 98.7 cm³/mol. The van der Waals surface area contributed by atoms with E-state index in [1.165, 1.54) is 25.5 Å². The van der Waals surface area contributed by atoms with E-state index >= 15 is 0 Å². The zero-order chi connectivity index (χ0) is 18.3. The maximum atomic E-state index is 12.5. The van der Waals surface area contributed by atoms with Crippen molar-refractivity contribution >= 4 is 29.3 Å². The largest absolute Gasteiger partial charge is 0.453 e. The molecule has 0 spiro atoms. The molecule has 0 aromatic carbocycles. The number of esters is 1. The van der Waals surface area contributed by atoms with Crippen LogP contribution in [0, 0.1) is 23.2 Å². The van der Waals surface area contributed by atoms with Gasteiger partial charge in [-0.2, -0.15) is 0 Å². The summed E-state index contributed by atoms with van der Waals surface area (Å²) in [5, 5.41) is 3.15. The number of carbonyl (C=O) groups is 2. The number of ether oxygens (including phenoxy) is 1. The number of carbonyl (C=O) groups excluding carboxylic acids is 2. The molecule has 5 nitrogen and oxygen atoms in total. The second kappa shape index (κ2) is 6.84. The Balaban J connectivity index is 1.31.